The van der Waals surface area contributed by atoms with E-state index in [1.807, 2.05) is 25.1 Å². The highest BCUT2D eigenvalue weighted by molar-refractivity contribution is 5.47. The van der Waals surface area contributed by atoms with Gasteiger partial charge in [0.05, 0.1) is 6.61 Å². The molecular weight excluding hydrogens is 252 g/mol. The van der Waals surface area contributed by atoms with Crippen LogP contribution in [0.25, 0.3) is 0 Å². The minimum absolute atomic E-state index is 0.260. The smallest absolute Gasteiger partial charge is 0.123 e. The minimum atomic E-state index is 0.260. The van der Waals surface area contributed by atoms with E-state index in [0.29, 0.717) is 12.6 Å². The van der Waals surface area contributed by atoms with Crippen molar-refractivity contribution >= 4 is 5.69 Å². The van der Waals surface area contributed by atoms with E-state index < -0.39 is 0 Å². The topological polar surface area (TPSA) is 58.7 Å². The maximum absolute atomic E-state index is 9.21. The Labute approximate surface area is 121 Å². The number of anilines is 1. The average molecular weight is 278 g/mol. The van der Waals surface area contributed by atoms with Gasteiger partial charge in [-0.2, -0.15) is 0 Å². The highest BCUT2D eigenvalue weighted by Crippen LogP contribution is 2.27. The molecule has 1 atom stereocenters. The molecule has 0 aliphatic carbocycles. The monoisotopic (exact) mass is 278 g/mol. The first-order valence-electron chi connectivity index (χ1n) is 7.60. The predicted octanol–water partition coefficient (Wildman–Crippen LogP) is 2.40. The molecule has 1 unspecified atom stereocenters. The van der Waals surface area contributed by atoms with E-state index in [2.05, 4.69) is 4.90 Å². The third-order valence-corrected chi connectivity index (χ3v) is 3.97. The number of aliphatic hydroxyl groups excluding tert-OH is 1. The summed E-state index contributed by atoms with van der Waals surface area (Å²) in [4.78, 5) is 2.46. The molecule has 2 rings (SSSR count). The third kappa shape index (κ3) is 3.87. The van der Waals surface area contributed by atoms with Gasteiger partial charge in [-0.05, 0) is 50.9 Å². The Bertz CT molecular complexity index is 421. The van der Waals surface area contributed by atoms with Crippen LogP contribution in [0.5, 0.6) is 5.75 Å². The van der Waals surface area contributed by atoms with Crippen molar-refractivity contribution in [2.75, 3.05) is 25.5 Å². The highest BCUT2D eigenvalue weighted by Gasteiger charge is 2.22. The maximum Gasteiger partial charge on any atom is 0.123 e. The van der Waals surface area contributed by atoms with Crippen LogP contribution in [0.2, 0.25) is 0 Å². The number of nitrogen functional groups attached to an aromatic ring is 1. The van der Waals surface area contributed by atoms with Crippen LogP contribution in [0.1, 0.15) is 38.2 Å². The number of likely N-dealkylation sites (tertiary alicyclic amines) is 1. The zero-order valence-electron chi connectivity index (χ0n) is 12.3. The summed E-state index contributed by atoms with van der Waals surface area (Å²) in [6.45, 7) is 4.86. The van der Waals surface area contributed by atoms with E-state index in [9.17, 15) is 5.11 Å². The second kappa shape index (κ2) is 7.50. The summed E-state index contributed by atoms with van der Waals surface area (Å²) in [6, 6.07) is 6.33. The van der Waals surface area contributed by atoms with Crippen LogP contribution in [-0.4, -0.2) is 35.8 Å². The van der Waals surface area contributed by atoms with Gasteiger partial charge in [-0.3, -0.25) is 4.90 Å². The van der Waals surface area contributed by atoms with Crippen molar-refractivity contribution in [1.82, 2.24) is 4.90 Å². The molecule has 0 amide bonds. The van der Waals surface area contributed by atoms with Crippen molar-refractivity contribution in [3.05, 3.63) is 23.8 Å². The Morgan fingerprint density at radius 3 is 3.00 bits per heavy atom. The minimum Gasteiger partial charge on any atom is -0.494 e. The molecule has 1 saturated heterocycles. The molecule has 0 bridgehead atoms. The Hall–Kier alpha value is -1.26. The van der Waals surface area contributed by atoms with Gasteiger partial charge in [0.25, 0.3) is 0 Å². The molecule has 0 saturated carbocycles. The van der Waals surface area contributed by atoms with Crippen molar-refractivity contribution < 1.29 is 9.84 Å². The first-order chi connectivity index (χ1) is 9.74. The Morgan fingerprint density at radius 2 is 2.25 bits per heavy atom. The van der Waals surface area contributed by atoms with Crippen molar-refractivity contribution in [2.24, 2.45) is 0 Å². The molecular formula is C16H26N2O2. The van der Waals surface area contributed by atoms with Crippen LogP contribution in [-0.2, 0) is 6.54 Å². The molecule has 1 aromatic carbocycles. The zero-order chi connectivity index (χ0) is 14.4. The molecule has 4 nitrogen and oxygen atoms in total. The SMILES string of the molecule is CCOc1ccc(N)cc1CN1CCCCC1CCO. The number of piperidine rings is 1. The predicted molar refractivity (Wildman–Crippen MR) is 81.8 cm³/mol. The van der Waals surface area contributed by atoms with Crippen molar-refractivity contribution in [3.63, 3.8) is 0 Å². The number of benzene rings is 1. The van der Waals surface area contributed by atoms with Crippen LogP contribution in [0.3, 0.4) is 0 Å². The summed E-state index contributed by atoms with van der Waals surface area (Å²) in [7, 11) is 0. The number of nitrogens with zero attached hydrogens (tertiary/aromatic N) is 1. The molecule has 1 aliphatic rings. The molecule has 1 aliphatic heterocycles. The summed E-state index contributed by atoms with van der Waals surface area (Å²) >= 11 is 0. The highest BCUT2D eigenvalue weighted by atomic mass is 16.5. The molecule has 0 aromatic heterocycles. The number of rotatable bonds is 6. The maximum atomic E-state index is 9.21. The lowest BCUT2D eigenvalue weighted by Gasteiger charge is -2.35. The van der Waals surface area contributed by atoms with Crippen LogP contribution < -0.4 is 10.5 Å². The fourth-order valence-corrected chi connectivity index (χ4v) is 2.98. The van der Waals surface area contributed by atoms with Gasteiger partial charge in [-0.15, -0.1) is 0 Å². The van der Waals surface area contributed by atoms with Crippen molar-refractivity contribution in [3.8, 4) is 5.75 Å². The standard InChI is InChI=1S/C16H26N2O2/c1-2-20-16-7-6-14(17)11-13(16)12-18-9-4-3-5-15(18)8-10-19/h6-7,11,15,19H,2-5,8-10,12,17H2,1H3. The number of ether oxygens (including phenoxy) is 1. The van der Waals surface area contributed by atoms with E-state index in [1.54, 1.807) is 0 Å². The zero-order valence-corrected chi connectivity index (χ0v) is 12.3. The van der Waals surface area contributed by atoms with E-state index >= 15 is 0 Å². The van der Waals surface area contributed by atoms with E-state index in [0.717, 1.165) is 36.5 Å². The van der Waals surface area contributed by atoms with Gasteiger partial charge in [-0.25, -0.2) is 0 Å². The first-order valence-corrected chi connectivity index (χ1v) is 7.60. The van der Waals surface area contributed by atoms with Gasteiger partial charge in [0, 0.05) is 30.4 Å². The second-order valence-corrected chi connectivity index (χ2v) is 5.43. The quantitative estimate of drug-likeness (QED) is 0.785. The molecule has 3 N–H and O–H groups in total. The molecule has 1 aromatic rings. The average Bonchev–Trinajstić information content (AvgIpc) is 2.44. The normalized spacial score (nSPS) is 20.0. The van der Waals surface area contributed by atoms with Crippen LogP contribution in [0.4, 0.5) is 5.69 Å². The lowest BCUT2D eigenvalue weighted by Crippen LogP contribution is -2.39. The van der Waals surface area contributed by atoms with Crippen LogP contribution >= 0.6 is 0 Å². The van der Waals surface area contributed by atoms with Crippen molar-refractivity contribution in [1.29, 1.82) is 0 Å². The fourth-order valence-electron chi connectivity index (χ4n) is 2.98. The van der Waals surface area contributed by atoms with Crippen LogP contribution in [0, 0.1) is 0 Å². The Kier molecular flexibility index (Phi) is 5.68. The largest absolute Gasteiger partial charge is 0.494 e. The van der Waals surface area contributed by atoms with Gasteiger partial charge < -0.3 is 15.6 Å². The lowest BCUT2D eigenvalue weighted by molar-refractivity contribution is 0.111. The van der Waals surface area contributed by atoms with Crippen molar-refractivity contribution in [2.45, 2.75) is 45.2 Å². The van der Waals surface area contributed by atoms with E-state index in [4.69, 9.17) is 10.5 Å². The number of hydrogen-bond donors (Lipinski definition) is 2. The molecule has 112 valence electrons. The molecule has 20 heavy (non-hydrogen) atoms. The summed E-state index contributed by atoms with van der Waals surface area (Å²) in [5, 5.41) is 9.21. The van der Waals surface area contributed by atoms with Gasteiger partial charge in [0.15, 0.2) is 0 Å². The van der Waals surface area contributed by atoms with Gasteiger partial charge in [-0.1, -0.05) is 6.42 Å². The third-order valence-electron chi connectivity index (χ3n) is 3.97. The number of aliphatic hydroxyl groups is 1. The Morgan fingerprint density at radius 1 is 1.40 bits per heavy atom. The second-order valence-electron chi connectivity index (χ2n) is 5.43. The first kappa shape index (κ1) is 15.1. The lowest BCUT2D eigenvalue weighted by atomic mass is 9.98. The summed E-state index contributed by atoms with van der Waals surface area (Å²) in [5.41, 5.74) is 7.83. The molecule has 0 radical (unpaired) electrons. The summed E-state index contributed by atoms with van der Waals surface area (Å²) in [5.74, 6) is 0.926. The summed E-state index contributed by atoms with van der Waals surface area (Å²) in [6.07, 6.45) is 4.52. The van der Waals surface area contributed by atoms with Crippen LogP contribution in [0.15, 0.2) is 18.2 Å². The molecule has 1 heterocycles. The molecule has 4 heteroatoms. The molecule has 1 fully saturated rings. The van der Waals surface area contributed by atoms with Gasteiger partial charge >= 0.3 is 0 Å². The summed E-state index contributed by atoms with van der Waals surface area (Å²) < 4.78 is 5.70. The number of hydrogen-bond acceptors (Lipinski definition) is 4. The fraction of sp³-hybridized carbons (Fsp3) is 0.625. The van der Waals surface area contributed by atoms with E-state index in [-0.39, 0.29) is 6.61 Å². The van der Waals surface area contributed by atoms with E-state index in [1.165, 1.54) is 19.3 Å². The number of nitrogens with two attached hydrogens (primary N) is 1. The molecule has 0 spiro atoms. The Balaban J connectivity index is 2.12. The van der Waals surface area contributed by atoms with Gasteiger partial charge in [0.1, 0.15) is 5.75 Å². The van der Waals surface area contributed by atoms with Gasteiger partial charge in [0.2, 0.25) is 0 Å².